The first kappa shape index (κ1) is 13.5. The summed E-state index contributed by atoms with van der Waals surface area (Å²) in [6.45, 7) is 9.12. The van der Waals surface area contributed by atoms with Crippen molar-refractivity contribution in [2.24, 2.45) is 5.73 Å². The van der Waals surface area contributed by atoms with Crippen LogP contribution in [-0.2, 0) is 12.2 Å². The second-order valence-corrected chi connectivity index (χ2v) is 5.75. The molecule has 0 amide bonds. The van der Waals surface area contributed by atoms with Gasteiger partial charge in [-0.05, 0) is 37.6 Å². The number of rotatable bonds is 5. The third-order valence-corrected chi connectivity index (χ3v) is 3.50. The number of hydrogen-bond donors (Lipinski definition) is 1. The maximum atomic E-state index is 5.58. The summed E-state index contributed by atoms with van der Waals surface area (Å²) in [5, 5.41) is 0.618. The average Bonchev–Trinajstić information content (AvgIpc) is 2.20. The minimum Gasteiger partial charge on any atom is -0.330 e. The maximum absolute atomic E-state index is 5.58. The minimum absolute atomic E-state index is 0.618. The lowest BCUT2D eigenvalue weighted by Crippen LogP contribution is -2.10. The Morgan fingerprint density at radius 3 is 2.19 bits per heavy atom. The van der Waals surface area contributed by atoms with Crippen molar-refractivity contribution >= 4 is 11.8 Å². The molecule has 1 heterocycles. The SMILES string of the molecule is Cc1nc(CSC(C)C)nc(C)c1CCN. The zero-order chi connectivity index (χ0) is 12.1. The van der Waals surface area contributed by atoms with E-state index in [1.54, 1.807) is 0 Å². The highest BCUT2D eigenvalue weighted by molar-refractivity contribution is 7.99. The van der Waals surface area contributed by atoms with Crippen LogP contribution in [0.1, 0.15) is 36.6 Å². The zero-order valence-electron chi connectivity index (χ0n) is 10.6. The summed E-state index contributed by atoms with van der Waals surface area (Å²) in [7, 11) is 0. The Kier molecular flexibility index (Phi) is 5.22. The lowest BCUT2D eigenvalue weighted by atomic mass is 10.1. The van der Waals surface area contributed by atoms with Crippen molar-refractivity contribution in [3.8, 4) is 0 Å². The minimum atomic E-state index is 0.618. The van der Waals surface area contributed by atoms with Gasteiger partial charge in [0, 0.05) is 11.4 Å². The van der Waals surface area contributed by atoms with E-state index in [1.807, 2.05) is 25.6 Å². The van der Waals surface area contributed by atoms with Gasteiger partial charge in [0.1, 0.15) is 5.82 Å². The second kappa shape index (κ2) is 6.21. The summed E-state index contributed by atoms with van der Waals surface area (Å²) in [6.07, 6.45) is 0.870. The molecule has 0 saturated carbocycles. The van der Waals surface area contributed by atoms with Gasteiger partial charge in [-0.3, -0.25) is 0 Å². The van der Waals surface area contributed by atoms with Crippen molar-refractivity contribution in [1.29, 1.82) is 0 Å². The van der Waals surface area contributed by atoms with Crippen LogP contribution in [0.15, 0.2) is 0 Å². The van der Waals surface area contributed by atoms with E-state index in [-0.39, 0.29) is 0 Å². The standard InChI is InChI=1S/C12H21N3S/c1-8(2)16-7-12-14-9(3)11(5-6-13)10(4)15-12/h8H,5-7,13H2,1-4H3. The lowest BCUT2D eigenvalue weighted by molar-refractivity contribution is 0.867. The van der Waals surface area contributed by atoms with Crippen LogP contribution in [-0.4, -0.2) is 21.8 Å². The molecule has 0 aliphatic heterocycles. The van der Waals surface area contributed by atoms with Crippen molar-refractivity contribution < 1.29 is 0 Å². The van der Waals surface area contributed by atoms with Crippen molar-refractivity contribution in [3.05, 3.63) is 22.8 Å². The fraction of sp³-hybridized carbons (Fsp3) is 0.667. The molecule has 0 saturated heterocycles. The number of nitrogens with two attached hydrogens (primary N) is 1. The molecule has 1 aromatic heterocycles. The number of aryl methyl sites for hydroxylation is 2. The fourth-order valence-corrected chi connectivity index (χ4v) is 2.23. The van der Waals surface area contributed by atoms with Gasteiger partial charge < -0.3 is 5.73 Å². The molecular formula is C12H21N3S. The molecule has 0 aromatic carbocycles. The summed E-state index contributed by atoms with van der Waals surface area (Å²) in [4.78, 5) is 9.07. The van der Waals surface area contributed by atoms with Crippen LogP contribution in [0, 0.1) is 13.8 Å². The number of hydrogen-bond acceptors (Lipinski definition) is 4. The van der Waals surface area contributed by atoms with Crippen LogP contribution >= 0.6 is 11.8 Å². The van der Waals surface area contributed by atoms with Crippen LogP contribution in [0.3, 0.4) is 0 Å². The molecule has 0 radical (unpaired) electrons. The molecule has 0 aliphatic rings. The number of aromatic nitrogens is 2. The van der Waals surface area contributed by atoms with E-state index >= 15 is 0 Å². The molecule has 0 unspecified atom stereocenters. The van der Waals surface area contributed by atoms with Crippen molar-refractivity contribution in [1.82, 2.24) is 9.97 Å². The van der Waals surface area contributed by atoms with Gasteiger partial charge >= 0.3 is 0 Å². The van der Waals surface area contributed by atoms with E-state index in [0.29, 0.717) is 11.8 Å². The average molecular weight is 239 g/mol. The van der Waals surface area contributed by atoms with Gasteiger partial charge in [0.05, 0.1) is 5.75 Å². The van der Waals surface area contributed by atoms with Gasteiger partial charge in [-0.2, -0.15) is 11.8 Å². The summed E-state index contributed by atoms with van der Waals surface area (Å²) >= 11 is 1.87. The predicted octanol–water partition coefficient (Wildman–Crippen LogP) is 2.24. The molecular weight excluding hydrogens is 218 g/mol. The Labute approximate surface area is 102 Å². The van der Waals surface area contributed by atoms with E-state index in [2.05, 4.69) is 23.8 Å². The molecule has 0 fully saturated rings. The van der Waals surface area contributed by atoms with Crippen molar-refractivity contribution in [2.45, 2.75) is 45.1 Å². The van der Waals surface area contributed by atoms with Crippen molar-refractivity contribution in [2.75, 3.05) is 6.54 Å². The Bertz CT molecular complexity index is 327. The molecule has 0 spiro atoms. The largest absolute Gasteiger partial charge is 0.330 e. The van der Waals surface area contributed by atoms with Gasteiger partial charge in [-0.25, -0.2) is 9.97 Å². The molecule has 90 valence electrons. The monoisotopic (exact) mass is 239 g/mol. The first-order valence-corrected chi connectivity index (χ1v) is 6.74. The third kappa shape index (κ3) is 3.76. The first-order valence-electron chi connectivity index (χ1n) is 5.69. The molecule has 2 N–H and O–H groups in total. The Morgan fingerprint density at radius 2 is 1.75 bits per heavy atom. The molecule has 4 heteroatoms. The number of nitrogens with zero attached hydrogens (tertiary/aromatic N) is 2. The normalized spacial score (nSPS) is 11.1. The molecule has 3 nitrogen and oxygen atoms in total. The summed E-state index contributed by atoms with van der Waals surface area (Å²) in [6, 6.07) is 0. The van der Waals surface area contributed by atoms with Crippen LogP contribution < -0.4 is 5.73 Å². The summed E-state index contributed by atoms with van der Waals surface area (Å²) in [5.74, 6) is 1.83. The highest BCUT2D eigenvalue weighted by Crippen LogP contribution is 2.17. The van der Waals surface area contributed by atoms with E-state index in [4.69, 9.17) is 5.73 Å². The van der Waals surface area contributed by atoms with Gasteiger partial charge in [0.25, 0.3) is 0 Å². The van der Waals surface area contributed by atoms with Crippen molar-refractivity contribution in [3.63, 3.8) is 0 Å². The quantitative estimate of drug-likeness (QED) is 0.856. The van der Waals surface area contributed by atoms with Gasteiger partial charge in [0.2, 0.25) is 0 Å². The molecule has 0 bridgehead atoms. The van der Waals surface area contributed by atoms with Crippen LogP contribution in [0.5, 0.6) is 0 Å². The first-order chi connectivity index (χ1) is 7.54. The smallest absolute Gasteiger partial charge is 0.138 e. The third-order valence-electron chi connectivity index (χ3n) is 2.41. The maximum Gasteiger partial charge on any atom is 0.138 e. The number of thioether (sulfide) groups is 1. The second-order valence-electron chi connectivity index (χ2n) is 4.19. The molecule has 0 aliphatic carbocycles. The van der Waals surface area contributed by atoms with E-state index in [9.17, 15) is 0 Å². The Hall–Kier alpha value is -0.610. The fourth-order valence-electron chi connectivity index (χ4n) is 1.62. The Balaban J connectivity index is 2.82. The topological polar surface area (TPSA) is 51.8 Å². The lowest BCUT2D eigenvalue weighted by Gasteiger charge is -2.10. The summed E-state index contributed by atoms with van der Waals surface area (Å²) < 4.78 is 0. The van der Waals surface area contributed by atoms with E-state index in [0.717, 1.165) is 29.4 Å². The molecule has 0 atom stereocenters. The van der Waals surface area contributed by atoms with Gasteiger partial charge in [-0.1, -0.05) is 13.8 Å². The highest BCUT2D eigenvalue weighted by atomic mass is 32.2. The predicted molar refractivity (Wildman–Crippen MR) is 70.7 cm³/mol. The Morgan fingerprint density at radius 1 is 1.19 bits per heavy atom. The van der Waals surface area contributed by atoms with Crippen LogP contribution in [0.25, 0.3) is 0 Å². The molecule has 1 rings (SSSR count). The molecule has 1 aromatic rings. The van der Waals surface area contributed by atoms with Gasteiger partial charge in [-0.15, -0.1) is 0 Å². The van der Waals surface area contributed by atoms with Gasteiger partial charge in [0.15, 0.2) is 0 Å². The van der Waals surface area contributed by atoms with E-state index in [1.165, 1.54) is 5.56 Å². The summed E-state index contributed by atoms with van der Waals surface area (Å²) in [5.41, 5.74) is 8.95. The van der Waals surface area contributed by atoms with Crippen LogP contribution in [0.4, 0.5) is 0 Å². The van der Waals surface area contributed by atoms with Crippen LogP contribution in [0.2, 0.25) is 0 Å². The zero-order valence-corrected chi connectivity index (χ0v) is 11.4. The van der Waals surface area contributed by atoms with E-state index < -0.39 is 0 Å². The highest BCUT2D eigenvalue weighted by Gasteiger charge is 2.08. The molecule has 16 heavy (non-hydrogen) atoms.